The highest BCUT2D eigenvalue weighted by Gasteiger charge is 2.30. The topological polar surface area (TPSA) is 37.4 Å². The summed E-state index contributed by atoms with van der Waals surface area (Å²) in [5.74, 6) is 1.07. The number of likely N-dealkylation sites (N-methyl/N-ethyl adjacent to an activating group) is 1. The average Bonchev–Trinajstić information content (AvgIpc) is 3.16. The first-order chi connectivity index (χ1) is 9.65. The molecule has 1 saturated carbocycles. The highest BCUT2D eigenvalue weighted by molar-refractivity contribution is 9.10. The van der Waals surface area contributed by atoms with Crippen molar-refractivity contribution in [3.05, 3.63) is 22.3 Å². The Morgan fingerprint density at radius 2 is 2.25 bits per heavy atom. The average molecular weight is 340 g/mol. The molecule has 0 radical (unpaired) electrons. The molecule has 5 heteroatoms. The van der Waals surface area contributed by atoms with Crippen molar-refractivity contribution < 1.29 is 4.74 Å². The first kappa shape index (κ1) is 14.3. The van der Waals surface area contributed by atoms with E-state index in [0.717, 1.165) is 29.9 Å². The number of rotatable bonds is 5. The van der Waals surface area contributed by atoms with Gasteiger partial charge in [-0.05, 0) is 48.2 Å². The Balaban J connectivity index is 1.78. The Labute approximate surface area is 129 Å². The zero-order valence-electron chi connectivity index (χ0n) is 12.1. The summed E-state index contributed by atoms with van der Waals surface area (Å²) in [5.41, 5.74) is 1.26. The van der Waals surface area contributed by atoms with E-state index in [2.05, 4.69) is 51.2 Å². The van der Waals surface area contributed by atoms with E-state index < -0.39 is 0 Å². The first-order valence-electron chi connectivity index (χ1n) is 7.37. The summed E-state index contributed by atoms with van der Waals surface area (Å²) < 4.78 is 6.73. The molecule has 0 spiro atoms. The summed E-state index contributed by atoms with van der Waals surface area (Å²) in [4.78, 5) is 6.92. The molecule has 2 unspecified atom stereocenters. The maximum Gasteiger partial charge on any atom is 0.133 e. The van der Waals surface area contributed by atoms with Crippen molar-refractivity contribution in [1.82, 2.24) is 10.3 Å². The molecule has 4 nitrogen and oxygen atoms in total. The van der Waals surface area contributed by atoms with Crippen molar-refractivity contribution in [2.45, 2.75) is 50.9 Å². The van der Waals surface area contributed by atoms with Crippen LogP contribution in [0.3, 0.4) is 0 Å². The van der Waals surface area contributed by atoms with Crippen molar-refractivity contribution in [3.8, 4) is 0 Å². The normalized spacial score (nSPS) is 25.9. The zero-order chi connectivity index (χ0) is 14.1. The number of pyridine rings is 1. The molecule has 110 valence electrons. The maximum absolute atomic E-state index is 5.69. The van der Waals surface area contributed by atoms with Crippen molar-refractivity contribution in [3.63, 3.8) is 0 Å². The quantitative estimate of drug-likeness (QED) is 0.894. The predicted molar refractivity (Wildman–Crippen MR) is 84.0 cm³/mol. The first-order valence-corrected chi connectivity index (χ1v) is 8.16. The molecule has 2 heterocycles. The minimum atomic E-state index is 0.273. The molecular weight excluding hydrogens is 318 g/mol. The lowest BCUT2D eigenvalue weighted by atomic mass is 10.1. The third-order valence-electron chi connectivity index (χ3n) is 4.24. The van der Waals surface area contributed by atoms with Crippen LogP contribution in [0, 0.1) is 0 Å². The summed E-state index contributed by atoms with van der Waals surface area (Å²) in [7, 11) is 2.13. The molecule has 1 saturated heterocycles. The predicted octanol–water partition coefficient (Wildman–Crippen LogP) is 2.71. The molecule has 3 rings (SSSR count). The second kappa shape index (κ2) is 6.00. The number of nitrogens with one attached hydrogen (secondary N) is 1. The highest BCUT2D eigenvalue weighted by atomic mass is 79.9. The highest BCUT2D eigenvalue weighted by Crippen LogP contribution is 2.28. The van der Waals surface area contributed by atoms with Gasteiger partial charge in [0.15, 0.2) is 0 Å². The molecule has 1 aliphatic heterocycles. The lowest BCUT2D eigenvalue weighted by Gasteiger charge is -2.29. The zero-order valence-corrected chi connectivity index (χ0v) is 13.7. The standard InChI is InChI=1S/C15H22BrN3O/c1-10-14(5-6-20-10)19(2)15-11(7-12(16)9-18-15)8-17-13-3-4-13/h7,9-10,13-14,17H,3-6,8H2,1-2H3. The second-order valence-corrected chi connectivity index (χ2v) is 6.75. The lowest BCUT2D eigenvalue weighted by Crippen LogP contribution is -2.38. The van der Waals surface area contributed by atoms with E-state index in [4.69, 9.17) is 4.74 Å². The summed E-state index contributed by atoms with van der Waals surface area (Å²) in [6.07, 6.45) is 5.84. The van der Waals surface area contributed by atoms with Gasteiger partial charge in [0, 0.05) is 42.5 Å². The monoisotopic (exact) mass is 339 g/mol. The van der Waals surface area contributed by atoms with Crippen LogP contribution < -0.4 is 10.2 Å². The van der Waals surface area contributed by atoms with Crippen LogP contribution >= 0.6 is 15.9 Å². The smallest absolute Gasteiger partial charge is 0.133 e. The number of ether oxygens (including phenoxy) is 1. The molecule has 20 heavy (non-hydrogen) atoms. The van der Waals surface area contributed by atoms with Gasteiger partial charge < -0.3 is 15.0 Å². The molecule has 1 aliphatic carbocycles. The Kier molecular flexibility index (Phi) is 4.29. The Morgan fingerprint density at radius 1 is 1.45 bits per heavy atom. The third kappa shape index (κ3) is 3.15. The van der Waals surface area contributed by atoms with Gasteiger partial charge in [-0.25, -0.2) is 4.98 Å². The van der Waals surface area contributed by atoms with E-state index >= 15 is 0 Å². The van der Waals surface area contributed by atoms with Crippen molar-refractivity contribution in [1.29, 1.82) is 0 Å². The number of hydrogen-bond acceptors (Lipinski definition) is 4. The van der Waals surface area contributed by atoms with Gasteiger partial charge in [-0.2, -0.15) is 0 Å². The van der Waals surface area contributed by atoms with Gasteiger partial charge in [0.25, 0.3) is 0 Å². The minimum Gasteiger partial charge on any atom is -0.376 e. The summed E-state index contributed by atoms with van der Waals surface area (Å²) >= 11 is 3.53. The van der Waals surface area contributed by atoms with Gasteiger partial charge in [0.05, 0.1) is 12.1 Å². The van der Waals surface area contributed by atoms with Gasteiger partial charge in [0.2, 0.25) is 0 Å². The Bertz CT molecular complexity index is 478. The van der Waals surface area contributed by atoms with E-state index in [1.54, 1.807) is 0 Å². The fourth-order valence-corrected chi connectivity index (χ4v) is 3.23. The number of nitrogens with zero attached hydrogens (tertiary/aromatic N) is 2. The number of hydrogen-bond donors (Lipinski definition) is 1. The molecule has 2 fully saturated rings. The van der Waals surface area contributed by atoms with Crippen LogP contribution in [0.5, 0.6) is 0 Å². The molecule has 2 aliphatic rings. The van der Waals surface area contributed by atoms with Gasteiger partial charge in [-0.15, -0.1) is 0 Å². The summed E-state index contributed by atoms with van der Waals surface area (Å²) in [5, 5.41) is 3.58. The van der Waals surface area contributed by atoms with Crippen molar-refractivity contribution in [2.75, 3.05) is 18.6 Å². The molecule has 0 amide bonds. The van der Waals surface area contributed by atoms with Crippen LogP contribution in [0.4, 0.5) is 5.82 Å². The Morgan fingerprint density at radius 3 is 2.90 bits per heavy atom. The fourth-order valence-electron chi connectivity index (χ4n) is 2.85. The van der Waals surface area contributed by atoms with Crippen molar-refractivity contribution in [2.24, 2.45) is 0 Å². The molecule has 0 aromatic carbocycles. The van der Waals surface area contributed by atoms with Crippen molar-refractivity contribution >= 4 is 21.7 Å². The molecule has 1 N–H and O–H groups in total. The van der Waals surface area contributed by atoms with Gasteiger partial charge in [-0.1, -0.05) is 0 Å². The van der Waals surface area contributed by atoms with Gasteiger partial charge in [-0.3, -0.25) is 0 Å². The molecular formula is C15H22BrN3O. The van der Waals surface area contributed by atoms with Crippen LogP contribution in [0.15, 0.2) is 16.7 Å². The van der Waals surface area contributed by atoms with Crippen LogP contribution in [-0.2, 0) is 11.3 Å². The largest absolute Gasteiger partial charge is 0.376 e. The molecule has 1 aromatic heterocycles. The fraction of sp³-hybridized carbons (Fsp3) is 0.667. The second-order valence-electron chi connectivity index (χ2n) is 5.83. The number of halogens is 1. The Hall–Kier alpha value is -0.650. The van der Waals surface area contributed by atoms with Crippen LogP contribution in [0.1, 0.15) is 31.7 Å². The molecule has 2 atom stereocenters. The van der Waals surface area contributed by atoms with E-state index in [0.29, 0.717) is 12.1 Å². The summed E-state index contributed by atoms with van der Waals surface area (Å²) in [6.45, 7) is 3.89. The minimum absolute atomic E-state index is 0.273. The van der Waals surface area contributed by atoms with E-state index in [-0.39, 0.29) is 6.10 Å². The molecule has 1 aromatic rings. The molecule has 0 bridgehead atoms. The van der Waals surface area contributed by atoms with E-state index in [1.165, 1.54) is 18.4 Å². The van der Waals surface area contributed by atoms with Gasteiger partial charge >= 0.3 is 0 Å². The van der Waals surface area contributed by atoms with Crippen LogP contribution in [0.2, 0.25) is 0 Å². The maximum atomic E-state index is 5.69. The van der Waals surface area contributed by atoms with Crippen LogP contribution in [0.25, 0.3) is 0 Å². The number of anilines is 1. The SMILES string of the molecule is CC1OCCC1N(C)c1ncc(Br)cc1CNC1CC1. The summed E-state index contributed by atoms with van der Waals surface area (Å²) in [6, 6.07) is 3.30. The lowest BCUT2D eigenvalue weighted by molar-refractivity contribution is 0.118. The number of aromatic nitrogens is 1. The third-order valence-corrected chi connectivity index (χ3v) is 4.67. The van der Waals surface area contributed by atoms with Gasteiger partial charge in [0.1, 0.15) is 5.82 Å². The van der Waals surface area contributed by atoms with E-state index in [1.807, 2.05) is 6.20 Å². The van der Waals surface area contributed by atoms with Crippen LogP contribution in [-0.4, -0.2) is 36.8 Å². The van der Waals surface area contributed by atoms with E-state index in [9.17, 15) is 0 Å².